The van der Waals surface area contributed by atoms with Crippen LogP contribution in [-0.4, -0.2) is 44.4 Å². The molecule has 26 heavy (non-hydrogen) atoms. The molecule has 0 amide bonds. The van der Waals surface area contributed by atoms with Crippen molar-refractivity contribution in [2.24, 2.45) is 0 Å². The van der Waals surface area contributed by atoms with E-state index in [0.717, 1.165) is 23.9 Å². The fourth-order valence-electron chi connectivity index (χ4n) is 3.04. The number of halogens is 1. The highest BCUT2D eigenvalue weighted by Gasteiger charge is 2.27. The Balaban J connectivity index is 2.05. The van der Waals surface area contributed by atoms with Crippen molar-refractivity contribution < 1.29 is 13.2 Å². The normalized spacial score (nSPS) is 18.6. The van der Waals surface area contributed by atoms with Crippen LogP contribution in [0.3, 0.4) is 0 Å². The minimum atomic E-state index is -3.32. The molecule has 7 nitrogen and oxygen atoms in total. The van der Waals surface area contributed by atoms with Crippen LogP contribution in [0.1, 0.15) is 23.7 Å². The first-order chi connectivity index (χ1) is 12.3. The molecular formula is C17H21ClN4O3S. The first-order valence-corrected chi connectivity index (χ1v) is 10.5. The lowest BCUT2D eigenvalue weighted by atomic mass is 10.1. The molecule has 0 bridgehead atoms. The molecule has 140 valence electrons. The number of benzene rings is 1. The van der Waals surface area contributed by atoms with Crippen molar-refractivity contribution in [3.63, 3.8) is 0 Å². The van der Waals surface area contributed by atoms with E-state index >= 15 is 0 Å². The number of hydrogen-bond acceptors (Lipinski definition) is 7. The van der Waals surface area contributed by atoms with Crippen LogP contribution >= 0.6 is 11.6 Å². The largest absolute Gasteiger partial charge is 0.379 e. The fourth-order valence-corrected chi connectivity index (χ4v) is 4.06. The molecule has 1 fully saturated rings. The summed E-state index contributed by atoms with van der Waals surface area (Å²) in [5.74, 6) is 0.913. The van der Waals surface area contributed by atoms with E-state index in [9.17, 15) is 8.42 Å². The van der Waals surface area contributed by atoms with Crippen LogP contribution in [0.15, 0.2) is 29.2 Å². The minimum absolute atomic E-state index is 0.189. The van der Waals surface area contributed by atoms with Gasteiger partial charge in [-0.3, -0.25) is 0 Å². The molecule has 2 heterocycles. The van der Waals surface area contributed by atoms with E-state index in [2.05, 4.69) is 14.9 Å². The average Bonchev–Trinajstić information content (AvgIpc) is 2.78. The molecule has 3 rings (SSSR count). The molecule has 0 aliphatic carbocycles. The van der Waals surface area contributed by atoms with Crippen molar-refractivity contribution in [1.29, 1.82) is 0 Å². The van der Waals surface area contributed by atoms with Crippen molar-refractivity contribution in [1.82, 2.24) is 9.97 Å². The lowest BCUT2D eigenvalue weighted by Gasteiger charge is -2.31. The van der Waals surface area contributed by atoms with Gasteiger partial charge in [-0.25, -0.2) is 13.4 Å². The fraction of sp³-hybridized carbons (Fsp3) is 0.412. The molecule has 9 heteroatoms. The Labute approximate surface area is 158 Å². The summed E-state index contributed by atoms with van der Waals surface area (Å²) in [4.78, 5) is 10.8. The first kappa shape index (κ1) is 18.9. The number of nitrogen functional groups attached to an aromatic ring is 1. The number of sulfone groups is 1. The van der Waals surface area contributed by atoms with Crippen LogP contribution in [0.4, 0.5) is 11.8 Å². The topological polar surface area (TPSA) is 98.4 Å². The molecule has 0 spiro atoms. The zero-order valence-electron chi connectivity index (χ0n) is 14.6. The maximum Gasteiger partial charge on any atom is 0.222 e. The Morgan fingerprint density at radius 3 is 2.73 bits per heavy atom. The van der Waals surface area contributed by atoms with Gasteiger partial charge in [0.15, 0.2) is 9.84 Å². The highest BCUT2D eigenvalue weighted by atomic mass is 35.5. The minimum Gasteiger partial charge on any atom is -0.379 e. The highest BCUT2D eigenvalue weighted by Crippen LogP contribution is 2.34. The molecule has 2 aromatic rings. The van der Waals surface area contributed by atoms with Gasteiger partial charge in [-0.1, -0.05) is 17.7 Å². The summed E-state index contributed by atoms with van der Waals surface area (Å²) in [5, 5.41) is 0.382. The predicted octanol–water partition coefficient (Wildman–Crippen LogP) is 2.39. The van der Waals surface area contributed by atoms with E-state index < -0.39 is 9.84 Å². The van der Waals surface area contributed by atoms with Gasteiger partial charge in [0.25, 0.3) is 0 Å². The Bertz CT molecular complexity index is 900. The second-order valence-electron chi connectivity index (χ2n) is 6.32. The maximum atomic E-state index is 11.8. The van der Waals surface area contributed by atoms with Crippen LogP contribution < -0.4 is 10.6 Å². The van der Waals surface area contributed by atoms with E-state index in [0.29, 0.717) is 30.6 Å². The van der Waals surface area contributed by atoms with Crippen molar-refractivity contribution in [2.75, 3.05) is 36.6 Å². The highest BCUT2D eigenvalue weighted by molar-refractivity contribution is 7.90. The lowest BCUT2D eigenvalue weighted by molar-refractivity contribution is 0.134. The quantitative estimate of drug-likeness (QED) is 0.850. The molecule has 0 saturated carbocycles. The molecular weight excluding hydrogens is 376 g/mol. The third kappa shape index (κ3) is 4.08. The molecule has 1 aliphatic heterocycles. The average molecular weight is 397 g/mol. The number of anilines is 2. The summed E-state index contributed by atoms with van der Waals surface area (Å²) in [6.45, 7) is 3.62. The molecule has 1 aromatic heterocycles. The van der Waals surface area contributed by atoms with Gasteiger partial charge in [0.2, 0.25) is 5.95 Å². The van der Waals surface area contributed by atoms with Gasteiger partial charge < -0.3 is 15.4 Å². The van der Waals surface area contributed by atoms with Crippen LogP contribution in [0.25, 0.3) is 0 Å². The molecule has 1 aliphatic rings. The smallest absolute Gasteiger partial charge is 0.222 e. The van der Waals surface area contributed by atoms with Gasteiger partial charge in [-0.2, -0.15) is 4.98 Å². The van der Waals surface area contributed by atoms with Crippen LogP contribution in [0.5, 0.6) is 0 Å². The third-order valence-electron chi connectivity index (χ3n) is 4.25. The second-order valence-corrected chi connectivity index (χ2v) is 8.74. The first-order valence-electron chi connectivity index (χ1n) is 8.21. The van der Waals surface area contributed by atoms with Gasteiger partial charge in [-0.15, -0.1) is 0 Å². The Morgan fingerprint density at radius 1 is 1.31 bits per heavy atom. The van der Waals surface area contributed by atoms with E-state index in [1.165, 1.54) is 6.07 Å². The van der Waals surface area contributed by atoms with Crippen molar-refractivity contribution in [2.45, 2.75) is 24.3 Å². The number of aryl methyl sites for hydroxylation is 1. The second kappa shape index (κ2) is 7.38. The SMILES string of the molecule is Cc1cc(N2CCCOC[C@@H]2c2ccc(S(C)(=O)=O)cc2Cl)nc(N)n1. The van der Waals surface area contributed by atoms with Gasteiger partial charge in [0.1, 0.15) is 5.82 Å². The number of nitrogens with two attached hydrogens (primary N) is 1. The van der Waals surface area contributed by atoms with E-state index in [4.69, 9.17) is 22.1 Å². The Hall–Kier alpha value is -1.90. The van der Waals surface area contributed by atoms with Crippen molar-refractivity contribution >= 4 is 33.2 Å². The van der Waals surface area contributed by atoms with Crippen molar-refractivity contribution in [3.05, 3.63) is 40.5 Å². The molecule has 1 atom stereocenters. The van der Waals surface area contributed by atoms with Gasteiger partial charge in [-0.05, 0) is 31.0 Å². The van der Waals surface area contributed by atoms with Crippen molar-refractivity contribution in [3.8, 4) is 0 Å². The molecule has 1 aromatic carbocycles. The van der Waals surface area contributed by atoms with Crippen LogP contribution in [-0.2, 0) is 14.6 Å². The molecule has 0 radical (unpaired) electrons. The Morgan fingerprint density at radius 2 is 2.08 bits per heavy atom. The maximum absolute atomic E-state index is 11.8. The number of nitrogens with zero attached hydrogens (tertiary/aromatic N) is 3. The summed E-state index contributed by atoms with van der Waals surface area (Å²) in [7, 11) is -3.32. The number of ether oxygens (including phenoxy) is 1. The van der Waals surface area contributed by atoms with Crippen LogP contribution in [0.2, 0.25) is 5.02 Å². The van der Waals surface area contributed by atoms with Gasteiger partial charge >= 0.3 is 0 Å². The Kier molecular flexibility index (Phi) is 5.36. The zero-order valence-corrected chi connectivity index (χ0v) is 16.2. The van der Waals surface area contributed by atoms with Gasteiger partial charge in [0, 0.05) is 36.2 Å². The number of aromatic nitrogens is 2. The third-order valence-corrected chi connectivity index (χ3v) is 5.69. The summed E-state index contributed by atoms with van der Waals surface area (Å²) >= 11 is 6.43. The number of rotatable bonds is 3. The van der Waals surface area contributed by atoms with Gasteiger partial charge in [0.05, 0.1) is 17.5 Å². The summed E-state index contributed by atoms with van der Waals surface area (Å²) in [5.41, 5.74) is 7.37. The molecule has 0 unspecified atom stereocenters. The molecule has 1 saturated heterocycles. The predicted molar refractivity (Wildman–Crippen MR) is 101 cm³/mol. The monoisotopic (exact) mass is 396 g/mol. The number of hydrogen-bond donors (Lipinski definition) is 1. The lowest BCUT2D eigenvalue weighted by Crippen LogP contribution is -2.32. The van der Waals surface area contributed by atoms with E-state index in [1.54, 1.807) is 12.1 Å². The summed E-state index contributed by atoms with van der Waals surface area (Å²) < 4.78 is 29.3. The van der Waals surface area contributed by atoms with Crippen LogP contribution in [0, 0.1) is 6.92 Å². The standard InChI is InChI=1S/C17H21ClN4O3S/c1-11-8-16(21-17(19)20-11)22-6-3-7-25-10-15(22)13-5-4-12(9-14(13)18)26(2,23)24/h4-5,8-9,15H,3,6-7,10H2,1-2H3,(H2,19,20,21)/t15-/m1/s1. The van der Waals surface area contributed by atoms with E-state index in [1.807, 2.05) is 13.0 Å². The summed E-state index contributed by atoms with van der Waals surface area (Å²) in [6, 6.07) is 6.46. The van der Waals surface area contributed by atoms with E-state index in [-0.39, 0.29) is 16.9 Å². The molecule has 2 N–H and O–H groups in total. The zero-order chi connectivity index (χ0) is 18.9. The summed E-state index contributed by atoms with van der Waals surface area (Å²) in [6.07, 6.45) is 1.99.